The number of aromatic amines is 1. The first kappa shape index (κ1) is 14.6. The highest BCUT2D eigenvalue weighted by molar-refractivity contribution is 7.91. The van der Waals surface area contributed by atoms with Crippen molar-refractivity contribution in [2.24, 2.45) is 0 Å². The van der Waals surface area contributed by atoms with E-state index in [0.29, 0.717) is 16.8 Å². The molecule has 1 aliphatic heterocycles. The Balaban J connectivity index is 2.08. The van der Waals surface area contributed by atoms with Gasteiger partial charge >= 0.3 is 0 Å². The van der Waals surface area contributed by atoms with Gasteiger partial charge in [0.1, 0.15) is 11.6 Å². The maximum absolute atomic E-state index is 14.5. The monoisotopic (exact) mass is 330 g/mol. The van der Waals surface area contributed by atoms with Crippen molar-refractivity contribution in [3.8, 4) is 11.3 Å². The molecule has 23 heavy (non-hydrogen) atoms. The Labute approximate surface area is 135 Å². The topological polar surface area (TPSA) is 71.1 Å². The Kier molecular flexibility index (Phi) is 3.52. The second-order valence-electron chi connectivity index (χ2n) is 5.46. The third-order valence-electron chi connectivity index (χ3n) is 4.17. The molecule has 2 heterocycles. The zero-order valence-corrected chi connectivity index (χ0v) is 13.0. The molecule has 118 valence electrons. The Bertz CT molecular complexity index is 880. The van der Waals surface area contributed by atoms with E-state index >= 15 is 0 Å². The second-order valence-corrected chi connectivity index (χ2v) is 7.00. The Morgan fingerprint density at radius 1 is 1.26 bits per heavy atom. The van der Waals surface area contributed by atoms with Crippen molar-refractivity contribution in [1.82, 2.24) is 4.98 Å². The van der Waals surface area contributed by atoms with Crippen LogP contribution in [0.25, 0.3) is 22.0 Å². The lowest BCUT2D eigenvalue weighted by Gasteiger charge is -2.15. The van der Waals surface area contributed by atoms with Crippen LogP contribution in [0.15, 0.2) is 41.4 Å². The van der Waals surface area contributed by atoms with E-state index in [4.69, 9.17) is 5.11 Å². The van der Waals surface area contributed by atoms with E-state index in [-0.39, 0.29) is 18.2 Å². The Morgan fingerprint density at radius 3 is 2.87 bits per heavy atom. The number of hydrogen-bond acceptors (Lipinski definition) is 3. The van der Waals surface area contributed by atoms with Gasteiger partial charge in [-0.15, -0.1) is 0 Å². The molecule has 1 atom stereocenters. The molecular formula is C17H15FN2O2S. The molecule has 0 bridgehead atoms. The fourth-order valence-electron chi connectivity index (χ4n) is 3.18. The quantitative estimate of drug-likeness (QED) is 0.644. The van der Waals surface area contributed by atoms with Crippen molar-refractivity contribution in [2.75, 3.05) is 17.7 Å². The first-order chi connectivity index (χ1) is 11.2. The molecule has 1 aliphatic rings. The SMILES string of the molecule is [O-][S+](CCO)c1cc(-c2ccc[nH]2)c2c3c(ccc(F)c13)NC2. The molecule has 2 aromatic carbocycles. The molecule has 0 radical (unpaired) electrons. The molecule has 0 saturated carbocycles. The van der Waals surface area contributed by atoms with Gasteiger partial charge in [0.15, 0.2) is 4.90 Å². The number of aromatic nitrogens is 1. The number of halogens is 1. The summed E-state index contributed by atoms with van der Waals surface area (Å²) in [6.07, 6.45) is 1.82. The highest BCUT2D eigenvalue weighted by atomic mass is 32.2. The normalized spacial score (nSPS) is 14.2. The molecule has 0 amide bonds. The van der Waals surface area contributed by atoms with E-state index < -0.39 is 11.2 Å². The van der Waals surface area contributed by atoms with E-state index in [2.05, 4.69) is 10.3 Å². The molecular weight excluding hydrogens is 315 g/mol. The van der Waals surface area contributed by atoms with Crippen LogP contribution in [-0.2, 0) is 17.7 Å². The highest BCUT2D eigenvalue weighted by Crippen LogP contribution is 2.43. The molecule has 3 aromatic rings. The van der Waals surface area contributed by atoms with E-state index in [9.17, 15) is 8.94 Å². The van der Waals surface area contributed by atoms with Crippen LogP contribution in [0.2, 0.25) is 0 Å². The van der Waals surface area contributed by atoms with E-state index in [1.54, 1.807) is 12.1 Å². The van der Waals surface area contributed by atoms with Crippen LogP contribution in [0.4, 0.5) is 10.1 Å². The largest absolute Gasteiger partial charge is 0.611 e. The van der Waals surface area contributed by atoms with Gasteiger partial charge < -0.3 is 20.0 Å². The van der Waals surface area contributed by atoms with Crippen LogP contribution >= 0.6 is 0 Å². The summed E-state index contributed by atoms with van der Waals surface area (Å²) in [6.45, 7) is 0.407. The van der Waals surface area contributed by atoms with Gasteiger partial charge in [0.25, 0.3) is 0 Å². The second kappa shape index (κ2) is 5.56. The van der Waals surface area contributed by atoms with Gasteiger partial charge in [0.2, 0.25) is 0 Å². The minimum absolute atomic E-state index is 0.0930. The average molecular weight is 330 g/mol. The summed E-state index contributed by atoms with van der Waals surface area (Å²) in [6, 6.07) is 8.73. The molecule has 0 saturated heterocycles. The lowest BCUT2D eigenvalue weighted by atomic mass is 9.98. The maximum Gasteiger partial charge on any atom is 0.164 e. The fourth-order valence-corrected chi connectivity index (χ4v) is 4.24. The van der Waals surface area contributed by atoms with Gasteiger partial charge in [-0.25, -0.2) is 4.39 Å². The van der Waals surface area contributed by atoms with Crippen molar-refractivity contribution >= 4 is 27.6 Å². The molecule has 4 rings (SSSR count). The number of anilines is 1. The Hall–Kier alpha value is -2.02. The lowest BCUT2D eigenvalue weighted by Crippen LogP contribution is -2.11. The summed E-state index contributed by atoms with van der Waals surface area (Å²) in [7, 11) is 0. The first-order valence-corrected chi connectivity index (χ1v) is 8.67. The lowest BCUT2D eigenvalue weighted by molar-refractivity contribution is 0.319. The fraction of sp³-hybridized carbons (Fsp3) is 0.176. The Morgan fingerprint density at radius 2 is 2.13 bits per heavy atom. The van der Waals surface area contributed by atoms with Crippen molar-refractivity contribution in [3.63, 3.8) is 0 Å². The molecule has 1 unspecified atom stereocenters. The van der Waals surface area contributed by atoms with Crippen molar-refractivity contribution in [3.05, 3.63) is 47.9 Å². The van der Waals surface area contributed by atoms with Crippen LogP contribution in [0, 0.1) is 5.82 Å². The molecule has 0 spiro atoms. The molecule has 3 N–H and O–H groups in total. The molecule has 0 fully saturated rings. The van der Waals surface area contributed by atoms with Crippen molar-refractivity contribution in [1.29, 1.82) is 0 Å². The van der Waals surface area contributed by atoms with Crippen LogP contribution in [0.5, 0.6) is 0 Å². The van der Waals surface area contributed by atoms with Crippen LogP contribution in [0.1, 0.15) is 5.56 Å². The van der Waals surface area contributed by atoms with Crippen molar-refractivity contribution < 1.29 is 14.0 Å². The molecule has 6 heteroatoms. The molecule has 0 aliphatic carbocycles. The third kappa shape index (κ3) is 2.22. The standard InChI is InChI=1S/C17H15FN2O2S/c18-12-3-4-14-16-11(9-20-14)10(13-2-1-5-19-13)8-15(17(12)16)23(22)7-6-21/h1-5,8,19-21H,6-7,9H2. The van der Waals surface area contributed by atoms with Gasteiger partial charge in [-0.05, 0) is 41.0 Å². The number of nitrogens with one attached hydrogen (secondary N) is 2. The number of benzene rings is 2. The summed E-state index contributed by atoms with van der Waals surface area (Å²) < 4.78 is 27.0. The van der Waals surface area contributed by atoms with Gasteiger partial charge in [-0.1, -0.05) is 0 Å². The van der Waals surface area contributed by atoms with Gasteiger partial charge in [-0.3, -0.25) is 0 Å². The van der Waals surface area contributed by atoms with Gasteiger partial charge in [0, 0.05) is 41.1 Å². The maximum atomic E-state index is 14.5. The summed E-state index contributed by atoms with van der Waals surface area (Å²) in [5, 5.41) is 13.6. The minimum Gasteiger partial charge on any atom is -0.611 e. The summed E-state index contributed by atoms with van der Waals surface area (Å²) in [5.74, 6) is -0.288. The van der Waals surface area contributed by atoms with Crippen LogP contribution in [-0.4, -0.2) is 27.0 Å². The van der Waals surface area contributed by atoms with Crippen LogP contribution < -0.4 is 5.32 Å². The third-order valence-corrected chi connectivity index (χ3v) is 5.53. The summed E-state index contributed by atoms with van der Waals surface area (Å²) in [4.78, 5) is 3.59. The number of hydrogen-bond donors (Lipinski definition) is 3. The van der Waals surface area contributed by atoms with E-state index in [1.807, 2.05) is 18.3 Å². The van der Waals surface area contributed by atoms with Gasteiger partial charge in [-0.2, -0.15) is 0 Å². The molecule has 4 nitrogen and oxygen atoms in total. The van der Waals surface area contributed by atoms with E-state index in [0.717, 1.165) is 27.9 Å². The summed E-state index contributed by atoms with van der Waals surface area (Å²) >= 11 is -1.46. The zero-order chi connectivity index (χ0) is 16.0. The number of aliphatic hydroxyl groups is 1. The predicted molar refractivity (Wildman–Crippen MR) is 89.4 cm³/mol. The summed E-state index contributed by atoms with van der Waals surface area (Å²) in [5.41, 5.74) is 3.68. The van der Waals surface area contributed by atoms with Crippen LogP contribution in [0.3, 0.4) is 0 Å². The van der Waals surface area contributed by atoms with Gasteiger partial charge in [0.05, 0.1) is 12.0 Å². The average Bonchev–Trinajstić information content (AvgIpc) is 3.21. The van der Waals surface area contributed by atoms with E-state index in [1.165, 1.54) is 6.07 Å². The number of rotatable bonds is 4. The molecule has 1 aromatic heterocycles. The first-order valence-electron chi connectivity index (χ1n) is 7.35. The number of aliphatic hydroxyl groups excluding tert-OH is 1. The number of H-pyrrole nitrogens is 1. The predicted octanol–water partition coefficient (Wildman–Crippen LogP) is 3.00. The highest BCUT2D eigenvalue weighted by Gasteiger charge is 2.27. The minimum atomic E-state index is -1.46. The smallest absolute Gasteiger partial charge is 0.164 e. The van der Waals surface area contributed by atoms with Crippen molar-refractivity contribution in [2.45, 2.75) is 11.4 Å². The zero-order valence-electron chi connectivity index (χ0n) is 12.2.